The van der Waals surface area contributed by atoms with E-state index in [-0.39, 0.29) is 5.02 Å². The van der Waals surface area contributed by atoms with Gasteiger partial charge in [-0.15, -0.1) is 0 Å². The van der Waals surface area contributed by atoms with Crippen molar-refractivity contribution < 1.29 is 13.9 Å². The number of amides is 2. The van der Waals surface area contributed by atoms with Crippen molar-refractivity contribution in [1.29, 1.82) is 0 Å². The number of halogens is 2. The molecule has 0 spiro atoms. The largest absolute Gasteiger partial charge is 0.457 e. The van der Waals surface area contributed by atoms with Crippen LogP contribution < -0.4 is 15.4 Å². The van der Waals surface area contributed by atoms with Crippen molar-refractivity contribution in [3.05, 3.63) is 83.4 Å². The minimum absolute atomic E-state index is 0.0102. The fourth-order valence-electron chi connectivity index (χ4n) is 3.10. The molecule has 0 saturated heterocycles. The van der Waals surface area contributed by atoms with Crippen LogP contribution in [0.3, 0.4) is 0 Å². The lowest BCUT2D eigenvalue weighted by molar-refractivity contribution is 0.262. The highest BCUT2D eigenvalue weighted by molar-refractivity contribution is 6.30. The number of urea groups is 1. The number of hydrogen-bond donors (Lipinski definition) is 2. The summed E-state index contributed by atoms with van der Waals surface area (Å²) in [4.78, 5) is 23.3. The molecule has 168 valence electrons. The molecule has 0 saturated carbocycles. The van der Waals surface area contributed by atoms with E-state index in [4.69, 9.17) is 16.3 Å². The maximum Gasteiger partial charge on any atom is 0.323 e. The zero-order valence-corrected chi connectivity index (χ0v) is 18.7. The van der Waals surface area contributed by atoms with E-state index < -0.39 is 11.8 Å². The van der Waals surface area contributed by atoms with Crippen LogP contribution in [0.15, 0.2) is 66.9 Å². The van der Waals surface area contributed by atoms with Gasteiger partial charge in [-0.05, 0) is 68.7 Å². The van der Waals surface area contributed by atoms with E-state index in [1.807, 2.05) is 37.2 Å². The number of aromatic nitrogens is 2. The molecule has 2 amide bonds. The topological polar surface area (TPSA) is 79.4 Å². The molecule has 4 aromatic rings. The summed E-state index contributed by atoms with van der Waals surface area (Å²) in [6, 6.07) is 15.9. The molecule has 9 heteroatoms. The Kier molecular flexibility index (Phi) is 6.67. The van der Waals surface area contributed by atoms with Gasteiger partial charge in [-0.25, -0.2) is 14.2 Å². The third-order valence-electron chi connectivity index (χ3n) is 4.57. The molecule has 0 fully saturated rings. The average Bonchev–Trinajstić information content (AvgIpc) is 2.77. The van der Waals surface area contributed by atoms with Gasteiger partial charge in [0.1, 0.15) is 17.3 Å². The number of hydrogen-bond acceptors (Lipinski definition) is 5. The van der Waals surface area contributed by atoms with Gasteiger partial charge in [0, 0.05) is 24.0 Å². The zero-order valence-electron chi connectivity index (χ0n) is 18.0. The van der Waals surface area contributed by atoms with E-state index >= 15 is 0 Å². The number of rotatable bonds is 6. The predicted octanol–water partition coefficient (Wildman–Crippen LogP) is 5.92. The molecule has 3 aromatic carbocycles. The van der Waals surface area contributed by atoms with Crippen LogP contribution in [-0.2, 0) is 6.54 Å². The Morgan fingerprint density at radius 2 is 1.67 bits per heavy atom. The van der Waals surface area contributed by atoms with Crippen molar-refractivity contribution in [2.75, 3.05) is 24.7 Å². The molecular weight excluding hydrogens is 445 g/mol. The third-order valence-corrected chi connectivity index (χ3v) is 4.87. The summed E-state index contributed by atoms with van der Waals surface area (Å²) in [7, 11) is 3.95. The first-order valence-corrected chi connectivity index (χ1v) is 10.4. The first-order valence-electron chi connectivity index (χ1n) is 10.1. The molecular formula is C24H21ClFN5O2. The summed E-state index contributed by atoms with van der Waals surface area (Å²) >= 11 is 5.65. The number of anilines is 2. The van der Waals surface area contributed by atoms with Gasteiger partial charge in [-0.1, -0.05) is 11.6 Å². The Bertz CT molecular complexity index is 1300. The molecule has 7 nitrogen and oxygen atoms in total. The van der Waals surface area contributed by atoms with Gasteiger partial charge >= 0.3 is 6.03 Å². The second-order valence-electron chi connectivity index (χ2n) is 7.58. The molecule has 0 aliphatic rings. The fourth-order valence-corrected chi connectivity index (χ4v) is 3.22. The van der Waals surface area contributed by atoms with Crippen LogP contribution in [0.25, 0.3) is 11.0 Å². The monoisotopic (exact) mass is 465 g/mol. The lowest BCUT2D eigenvalue weighted by Crippen LogP contribution is -2.19. The Balaban J connectivity index is 1.40. The smallest absolute Gasteiger partial charge is 0.323 e. The van der Waals surface area contributed by atoms with Crippen molar-refractivity contribution in [2.45, 2.75) is 6.54 Å². The first kappa shape index (κ1) is 22.4. The molecule has 0 atom stereocenters. The van der Waals surface area contributed by atoms with Crippen LogP contribution in [0, 0.1) is 5.82 Å². The Hall–Kier alpha value is -3.75. The summed E-state index contributed by atoms with van der Waals surface area (Å²) in [6.45, 7) is 0.697. The lowest BCUT2D eigenvalue weighted by atomic mass is 10.2. The van der Waals surface area contributed by atoms with Crippen molar-refractivity contribution in [3.63, 3.8) is 0 Å². The van der Waals surface area contributed by atoms with Crippen LogP contribution in [-0.4, -0.2) is 35.0 Å². The van der Waals surface area contributed by atoms with Gasteiger partial charge in [0.15, 0.2) is 0 Å². The van der Waals surface area contributed by atoms with E-state index in [0.29, 0.717) is 29.4 Å². The molecule has 0 aliphatic heterocycles. The average molecular weight is 466 g/mol. The van der Waals surface area contributed by atoms with Crippen LogP contribution in [0.5, 0.6) is 11.5 Å². The number of fused-ring (bicyclic) bond motifs is 1. The molecule has 4 rings (SSSR count). The Morgan fingerprint density at radius 3 is 2.39 bits per heavy atom. The summed E-state index contributed by atoms with van der Waals surface area (Å²) in [5.41, 5.74) is 3.26. The molecule has 0 bridgehead atoms. The van der Waals surface area contributed by atoms with E-state index in [2.05, 4.69) is 20.6 Å². The number of benzene rings is 3. The van der Waals surface area contributed by atoms with Gasteiger partial charge in [-0.2, -0.15) is 0 Å². The zero-order chi connectivity index (χ0) is 23.4. The van der Waals surface area contributed by atoms with Crippen LogP contribution in [0.2, 0.25) is 5.02 Å². The maximum absolute atomic E-state index is 13.5. The van der Waals surface area contributed by atoms with Crippen molar-refractivity contribution in [3.8, 4) is 11.5 Å². The van der Waals surface area contributed by atoms with Gasteiger partial charge in [0.05, 0.1) is 27.9 Å². The number of carbonyl (C=O) groups excluding carboxylic acids is 1. The summed E-state index contributed by atoms with van der Waals surface area (Å²) in [5.74, 6) is 0.615. The minimum Gasteiger partial charge on any atom is -0.457 e. The van der Waals surface area contributed by atoms with E-state index in [1.54, 1.807) is 30.5 Å². The van der Waals surface area contributed by atoms with E-state index in [0.717, 1.165) is 22.8 Å². The third kappa shape index (κ3) is 5.94. The quantitative estimate of drug-likeness (QED) is 0.369. The lowest BCUT2D eigenvalue weighted by Gasteiger charge is -2.11. The highest BCUT2D eigenvalue weighted by Gasteiger charge is 2.07. The number of ether oxygens (including phenoxy) is 1. The second-order valence-corrected chi connectivity index (χ2v) is 7.99. The first-order chi connectivity index (χ1) is 15.9. The van der Waals surface area contributed by atoms with Crippen molar-refractivity contribution in [2.24, 2.45) is 0 Å². The maximum atomic E-state index is 13.5. The van der Waals surface area contributed by atoms with Crippen molar-refractivity contribution >= 4 is 40.0 Å². The number of nitrogens with one attached hydrogen (secondary N) is 2. The van der Waals surface area contributed by atoms with Crippen LogP contribution >= 0.6 is 11.6 Å². The SMILES string of the molecule is CN(C)Cc1cnc2ccc(Oc3ccc(NC(=O)Nc4ccc(Cl)c(F)c4)cc3)cc2n1. The number of carbonyl (C=O) groups is 1. The normalized spacial score (nSPS) is 10.9. The van der Waals surface area contributed by atoms with Crippen molar-refractivity contribution in [1.82, 2.24) is 14.9 Å². The summed E-state index contributed by atoms with van der Waals surface area (Å²) in [5, 5.41) is 5.22. The Labute approximate surface area is 195 Å². The molecule has 33 heavy (non-hydrogen) atoms. The van der Waals surface area contributed by atoms with Gasteiger partial charge in [0.2, 0.25) is 0 Å². The summed E-state index contributed by atoms with van der Waals surface area (Å²) in [6.07, 6.45) is 1.77. The van der Waals surface area contributed by atoms with Gasteiger partial charge in [0.25, 0.3) is 0 Å². The van der Waals surface area contributed by atoms with Crippen LogP contribution in [0.1, 0.15) is 5.69 Å². The van der Waals surface area contributed by atoms with Crippen LogP contribution in [0.4, 0.5) is 20.6 Å². The molecule has 0 unspecified atom stereocenters. The summed E-state index contributed by atoms with van der Waals surface area (Å²) < 4.78 is 19.4. The second kappa shape index (κ2) is 9.81. The molecule has 0 radical (unpaired) electrons. The standard InChI is InChI=1S/C24H21ClFN5O2/c1-31(2)14-17-13-27-22-10-8-19(12-23(22)28-17)33-18-6-3-15(4-7-18)29-24(32)30-16-5-9-20(25)21(26)11-16/h3-13H,14H2,1-2H3,(H2,29,30,32). The van der Waals surface area contributed by atoms with E-state index in [9.17, 15) is 9.18 Å². The fraction of sp³-hybridized carbons (Fsp3) is 0.125. The highest BCUT2D eigenvalue weighted by atomic mass is 35.5. The van der Waals surface area contributed by atoms with Gasteiger partial charge < -0.3 is 20.3 Å². The number of nitrogens with zero attached hydrogens (tertiary/aromatic N) is 3. The molecule has 0 aliphatic carbocycles. The minimum atomic E-state index is -0.607. The van der Waals surface area contributed by atoms with E-state index in [1.165, 1.54) is 12.1 Å². The molecule has 2 N–H and O–H groups in total. The highest BCUT2D eigenvalue weighted by Crippen LogP contribution is 2.26. The van der Waals surface area contributed by atoms with Gasteiger partial charge in [-0.3, -0.25) is 4.98 Å². The Morgan fingerprint density at radius 1 is 0.970 bits per heavy atom. The predicted molar refractivity (Wildman–Crippen MR) is 127 cm³/mol. The molecule has 1 heterocycles. The molecule has 1 aromatic heterocycles.